The summed E-state index contributed by atoms with van der Waals surface area (Å²) in [6, 6.07) is 14.7. The average Bonchev–Trinajstić information content (AvgIpc) is 3.70. The van der Waals surface area contributed by atoms with E-state index in [1.807, 2.05) is 48.3 Å². The third-order valence-electron chi connectivity index (χ3n) is 7.85. The third kappa shape index (κ3) is 6.00. The van der Waals surface area contributed by atoms with Gasteiger partial charge in [-0.05, 0) is 55.0 Å². The number of alkyl halides is 3. The minimum Gasteiger partial charge on any atom is -0.376 e. The van der Waals surface area contributed by atoms with Crippen LogP contribution in [0.25, 0.3) is 0 Å². The standard InChI is InChI=1S/C28H35F3N4O2/c1-32-14-15-34(25(18-32)21-6-3-2-4-7-21)26(36)19-35(27(37)28(29,30)31)24-9-5-8-22-17-33(13-12-23(22)24)16-20-10-11-20/h2-9,20,25-26,36H,10-19H2,1H3. The summed E-state index contributed by atoms with van der Waals surface area (Å²) in [7, 11) is 1.99. The lowest BCUT2D eigenvalue weighted by atomic mass is 9.96. The molecular weight excluding hydrogens is 481 g/mol. The quantitative estimate of drug-likeness (QED) is 0.609. The number of hydrogen-bond donors (Lipinski definition) is 1. The molecule has 2 aromatic rings. The molecule has 0 bridgehead atoms. The van der Waals surface area contributed by atoms with Gasteiger partial charge in [-0.1, -0.05) is 42.5 Å². The number of halogens is 3. The minimum atomic E-state index is -5.05. The molecule has 2 atom stereocenters. The largest absolute Gasteiger partial charge is 0.471 e. The van der Waals surface area contributed by atoms with Crippen LogP contribution in [0.15, 0.2) is 48.5 Å². The fraction of sp³-hybridized carbons (Fsp3) is 0.536. The van der Waals surface area contributed by atoms with Crippen molar-refractivity contribution in [3.8, 4) is 0 Å². The number of rotatable bonds is 7. The lowest BCUT2D eigenvalue weighted by Crippen LogP contribution is -2.56. The van der Waals surface area contributed by atoms with E-state index < -0.39 is 24.9 Å². The van der Waals surface area contributed by atoms with E-state index in [4.69, 9.17) is 0 Å². The topological polar surface area (TPSA) is 50.3 Å². The van der Waals surface area contributed by atoms with Gasteiger partial charge in [-0.15, -0.1) is 0 Å². The normalized spacial score (nSPS) is 22.5. The highest BCUT2D eigenvalue weighted by atomic mass is 19.4. The van der Waals surface area contributed by atoms with Crippen LogP contribution in [0, 0.1) is 5.92 Å². The Morgan fingerprint density at radius 3 is 2.54 bits per heavy atom. The van der Waals surface area contributed by atoms with Gasteiger partial charge in [0.05, 0.1) is 6.54 Å². The number of carbonyl (C=O) groups is 1. The van der Waals surface area contributed by atoms with Crippen molar-refractivity contribution in [1.29, 1.82) is 0 Å². The van der Waals surface area contributed by atoms with Crippen LogP contribution in [0.3, 0.4) is 0 Å². The smallest absolute Gasteiger partial charge is 0.376 e. The molecule has 5 rings (SSSR count). The Balaban J connectivity index is 1.42. The molecule has 9 heteroatoms. The lowest BCUT2D eigenvalue weighted by molar-refractivity contribution is -0.171. The van der Waals surface area contributed by atoms with Crippen molar-refractivity contribution >= 4 is 11.6 Å². The minimum absolute atomic E-state index is 0.196. The predicted molar refractivity (Wildman–Crippen MR) is 136 cm³/mol. The number of nitrogens with zero attached hydrogens (tertiary/aromatic N) is 4. The van der Waals surface area contributed by atoms with Gasteiger partial charge in [0.15, 0.2) is 0 Å². The number of carbonyl (C=O) groups excluding carboxylic acids is 1. The zero-order valence-electron chi connectivity index (χ0n) is 21.2. The summed E-state index contributed by atoms with van der Waals surface area (Å²) < 4.78 is 41.4. The van der Waals surface area contributed by atoms with Crippen LogP contribution in [-0.4, -0.2) is 84.4 Å². The predicted octanol–water partition coefficient (Wildman–Crippen LogP) is 3.66. The maximum Gasteiger partial charge on any atom is 0.471 e. The number of hydrogen-bond acceptors (Lipinski definition) is 5. The molecule has 2 aliphatic heterocycles. The molecule has 1 saturated heterocycles. The van der Waals surface area contributed by atoms with E-state index in [0.717, 1.165) is 40.6 Å². The van der Waals surface area contributed by atoms with E-state index in [1.54, 1.807) is 12.1 Å². The average molecular weight is 517 g/mol. The number of anilines is 1. The summed E-state index contributed by atoms with van der Waals surface area (Å²) in [5.74, 6) is -1.21. The summed E-state index contributed by atoms with van der Waals surface area (Å²) >= 11 is 0. The van der Waals surface area contributed by atoms with Crippen LogP contribution >= 0.6 is 0 Å². The van der Waals surface area contributed by atoms with Crippen molar-refractivity contribution in [1.82, 2.24) is 14.7 Å². The second-order valence-corrected chi connectivity index (χ2v) is 10.7. The Kier molecular flexibility index (Phi) is 7.58. The number of piperazine rings is 1. The number of likely N-dealkylation sites (N-methyl/N-ethyl adjacent to an activating group) is 1. The molecule has 1 aliphatic carbocycles. The number of aliphatic hydroxyl groups is 1. The number of benzene rings is 2. The molecular formula is C28H35F3N4O2. The van der Waals surface area contributed by atoms with Crippen molar-refractivity contribution in [2.45, 2.75) is 44.3 Å². The van der Waals surface area contributed by atoms with E-state index in [2.05, 4.69) is 9.80 Å². The van der Waals surface area contributed by atoms with Crippen molar-refractivity contribution in [2.24, 2.45) is 5.92 Å². The molecule has 2 aromatic carbocycles. The highest BCUT2D eigenvalue weighted by molar-refractivity contribution is 5.98. The molecule has 37 heavy (non-hydrogen) atoms. The van der Waals surface area contributed by atoms with Gasteiger partial charge in [0.2, 0.25) is 0 Å². The molecule has 0 aromatic heterocycles. The SMILES string of the molecule is CN1CCN(C(O)CN(C(=O)C(F)(F)F)c2cccc3c2CCN(CC2CC2)C3)C(c2ccccc2)C1. The van der Waals surface area contributed by atoms with E-state index in [-0.39, 0.29) is 11.7 Å². The molecule has 200 valence electrons. The molecule has 2 heterocycles. The molecule has 3 aliphatic rings. The van der Waals surface area contributed by atoms with Crippen molar-refractivity contribution < 1.29 is 23.1 Å². The van der Waals surface area contributed by atoms with Gasteiger partial charge in [-0.2, -0.15) is 13.2 Å². The molecule has 0 spiro atoms. The molecule has 2 fully saturated rings. The molecule has 6 nitrogen and oxygen atoms in total. The first-order chi connectivity index (χ1) is 17.7. The Morgan fingerprint density at radius 1 is 1.08 bits per heavy atom. The van der Waals surface area contributed by atoms with Crippen molar-refractivity contribution in [2.75, 3.05) is 51.2 Å². The van der Waals surface area contributed by atoms with Gasteiger partial charge in [-0.25, -0.2) is 0 Å². The van der Waals surface area contributed by atoms with Gasteiger partial charge in [0.25, 0.3) is 0 Å². The van der Waals surface area contributed by atoms with E-state index in [0.29, 0.717) is 32.6 Å². The van der Waals surface area contributed by atoms with E-state index in [1.165, 1.54) is 12.8 Å². The Hall–Kier alpha value is -2.46. The zero-order valence-corrected chi connectivity index (χ0v) is 21.2. The van der Waals surface area contributed by atoms with Crippen LogP contribution < -0.4 is 4.90 Å². The number of fused-ring (bicyclic) bond motifs is 1. The summed E-state index contributed by atoms with van der Waals surface area (Å²) in [6.07, 6.45) is -3.24. The van der Waals surface area contributed by atoms with Crippen LogP contribution in [0.2, 0.25) is 0 Å². The van der Waals surface area contributed by atoms with Gasteiger partial charge in [0.1, 0.15) is 6.23 Å². The highest BCUT2D eigenvalue weighted by Gasteiger charge is 2.45. The lowest BCUT2D eigenvalue weighted by Gasteiger charge is -2.44. The zero-order chi connectivity index (χ0) is 26.2. The first-order valence-corrected chi connectivity index (χ1v) is 13.1. The second-order valence-electron chi connectivity index (χ2n) is 10.7. The Morgan fingerprint density at radius 2 is 1.84 bits per heavy atom. The number of aliphatic hydroxyl groups excluding tert-OH is 1. The maximum atomic E-state index is 13.8. The third-order valence-corrected chi connectivity index (χ3v) is 7.85. The summed E-state index contributed by atoms with van der Waals surface area (Å²) in [4.78, 5) is 19.8. The van der Waals surface area contributed by atoms with Gasteiger partial charge in [0, 0.05) is 51.0 Å². The monoisotopic (exact) mass is 516 g/mol. The number of amides is 1. The second kappa shape index (κ2) is 10.7. The van der Waals surface area contributed by atoms with E-state index in [9.17, 15) is 23.1 Å². The molecule has 0 radical (unpaired) electrons. The molecule has 1 saturated carbocycles. The van der Waals surface area contributed by atoms with Crippen LogP contribution in [0.1, 0.15) is 35.6 Å². The van der Waals surface area contributed by atoms with Crippen LogP contribution in [-0.2, 0) is 17.8 Å². The van der Waals surface area contributed by atoms with Gasteiger partial charge in [-0.3, -0.25) is 14.6 Å². The summed E-state index contributed by atoms with van der Waals surface area (Å²) in [5, 5.41) is 11.3. The van der Waals surface area contributed by atoms with E-state index >= 15 is 0 Å². The highest BCUT2D eigenvalue weighted by Crippen LogP contribution is 2.36. The molecule has 1 N–H and O–H groups in total. The van der Waals surface area contributed by atoms with Crippen LogP contribution in [0.4, 0.5) is 18.9 Å². The Labute approximate surface area is 216 Å². The van der Waals surface area contributed by atoms with Gasteiger partial charge < -0.3 is 14.9 Å². The first kappa shape index (κ1) is 26.2. The molecule has 2 unspecified atom stereocenters. The maximum absolute atomic E-state index is 13.8. The van der Waals surface area contributed by atoms with Gasteiger partial charge >= 0.3 is 12.1 Å². The van der Waals surface area contributed by atoms with Crippen LogP contribution in [0.5, 0.6) is 0 Å². The molecule has 1 amide bonds. The van der Waals surface area contributed by atoms with Crippen molar-refractivity contribution in [3.63, 3.8) is 0 Å². The Bertz CT molecular complexity index is 1090. The van der Waals surface area contributed by atoms with Crippen molar-refractivity contribution in [3.05, 3.63) is 65.2 Å². The summed E-state index contributed by atoms with van der Waals surface area (Å²) in [6.45, 7) is 3.77. The first-order valence-electron chi connectivity index (χ1n) is 13.1. The fourth-order valence-electron chi connectivity index (χ4n) is 5.70. The summed E-state index contributed by atoms with van der Waals surface area (Å²) in [5.41, 5.74) is 2.97. The fourth-order valence-corrected chi connectivity index (χ4v) is 5.70.